The van der Waals surface area contributed by atoms with Gasteiger partial charge in [-0.15, -0.1) is 0 Å². The average molecular weight is 318 g/mol. The molecule has 2 aromatic carbocycles. The van der Waals surface area contributed by atoms with Crippen molar-refractivity contribution >= 4 is 27.8 Å². The number of fused-ring (bicyclic) bond motifs is 2. The van der Waals surface area contributed by atoms with E-state index in [1.807, 2.05) is 54.9 Å². The monoisotopic (exact) mass is 318 g/mol. The molecule has 2 heterocycles. The second-order valence-corrected chi connectivity index (χ2v) is 5.87. The summed E-state index contributed by atoms with van der Waals surface area (Å²) >= 11 is 0. The molecule has 0 radical (unpaired) electrons. The Morgan fingerprint density at radius 3 is 2.12 bits per heavy atom. The number of nitrogens with one attached hydrogen (secondary N) is 2. The van der Waals surface area contributed by atoms with Crippen molar-refractivity contribution in [1.82, 2.24) is 9.97 Å². The van der Waals surface area contributed by atoms with Crippen molar-refractivity contribution in [2.75, 3.05) is 6.61 Å². The molecule has 4 heteroatoms. The summed E-state index contributed by atoms with van der Waals surface area (Å²) in [6, 6.07) is 16.1. The average Bonchev–Trinajstić information content (AvgIpc) is 3.20. The highest BCUT2D eigenvalue weighted by Gasteiger charge is 2.10. The number of benzene rings is 2. The molecule has 0 aliphatic carbocycles. The molecule has 0 bridgehead atoms. The number of esters is 1. The predicted molar refractivity (Wildman–Crippen MR) is 95.0 cm³/mol. The van der Waals surface area contributed by atoms with Crippen molar-refractivity contribution < 1.29 is 9.53 Å². The third kappa shape index (κ3) is 2.78. The van der Waals surface area contributed by atoms with Crippen LogP contribution >= 0.6 is 0 Å². The molecule has 120 valence electrons. The number of para-hydroxylation sites is 2. The Morgan fingerprint density at radius 2 is 1.42 bits per heavy atom. The van der Waals surface area contributed by atoms with Crippen molar-refractivity contribution in [3.8, 4) is 0 Å². The number of aromatic nitrogens is 2. The minimum Gasteiger partial charge on any atom is -0.465 e. The van der Waals surface area contributed by atoms with Gasteiger partial charge in [-0.05, 0) is 23.3 Å². The molecule has 0 fully saturated rings. The van der Waals surface area contributed by atoms with Gasteiger partial charge in [-0.3, -0.25) is 4.79 Å². The molecule has 4 rings (SSSR count). The summed E-state index contributed by atoms with van der Waals surface area (Å²) in [5.74, 6) is -0.195. The molecule has 0 saturated carbocycles. The summed E-state index contributed by atoms with van der Waals surface area (Å²) in [6.07, 6.45) is 4.87. The van der Waals surface area contributed by atoms with Crippen LogP contribution in [0.4, 0.5) is 0 Å². The lowest BCUT2D eigenvalue weighted by Gasteiger charge is -2.04. The maximum absolute atomic E-state index is 12.1. The van der Waals surface area contributed by atoms with Crippen LogP contribution in [0.5, 0.6) is 0 Å². The van der Waals surface area contributed by atoms with Gasteiger partial charge in [0, 0.05) is 40.6 Å². The maximum atomic E-state index is 12.1. The zero-order chi connectivity index (χ0) is 16.4. The summed E-state index contributed by atoms with van der Waals surface area (Å²) < 4.78 is 5.42. The second kappa shape index (κ2) is 6.24. The highest BCUT2D eigenvalue weighted by molar-refractivity contribution is 5.87. The molecule has 0 saturated heterocycles. The Hall–Kier alpha value is -3.01. The summed E-state index contributed by atoms with van der Waals surface area (Å²) in [6.45, 7) is 0.392. The van der Waals surface area contributed by atoms with Crippen molar-refractivity contribution in [1.29, 1.82) is 0 Å². The summed E-state index contributed by atoms with van der Waals surface area (Å²) in [7, 11) is 0. The van der Waals surface area contributed by atoms with E-state index in [1.165, 1.54) is 10.9 Å². The zero-order valence-electron chi connectivity index (χ0n) is 13.2. The lowest BCUT2D eigenvalue weighted by Crippen LogP contribution is -2.10. The molecule has 0 aliphatic heterocycles. The van der Waals surface area contributed by atoms with E-state index in [0.29, 0.717) is 13.0 Å². The SMILES string of the molecule is O=C(Cc1c[nH]c2ccccc12)OCCc1c[nH]c2ccccc12. The van der Waals surface area contributed by atoms with Gasteiger partial charge in [0.05, 0.1) is 13.0 Å². The Labute approximate surface area is 139 Å². The number of ether oxygens (including phenoxy) is 1. The van der Waals surface area contributed by atoms with Crippen LogP contribution in [0.25, 0.3) is 21.8 Å². The lowest BCUT2D eigenvalue weighted by atomic mass is 10.1. The molecule has 2 aromatic heterocycles. The van der Waals surface area contributed by atoms with E-state index < -0.39 is 0 Å². The van der Waals surface area contributed by atoms with E-state index in [9.17, 15) is 4.79 Å². The van der Waals surface area contributed by atoms with Gasteiger partial charge in [0.1, 0.15) is 0 Å². The van der Waals surface area contributed by atoms with Gasteiger partial charge in [0.2, 0.25) is 0 Å². The Balaban J connectivity index is 1.37. The van der Waals surface area contributed by atoms with Gasteiger partial charge in [0.15, 0.2) is 0 Å². The zero-order valence-corrected chi connectivity index (χ0v) is 13.2. The fourth-order valence-electron chi connectivity index (χ4n) is 3.10. The third-order valence-electron chi connectivity index (χ3n) is 4.32. The molecule has 24 heavy (non-hydrogen) atoms. The normalized spacial score (nSPS) is 11.2. The Kier molecular flexibility index (Phi) is 3.79. The third-order valence-corrected chi connectivity index (χ3v) is 4.32. The number of rotatable bonds is 5. The molecular weight excluding hydrogens is 300 g/mol. The number of carbonyl (C=O) groups excluding carboxylic acids is 1. The van der Waals surface area contributed by atoms with Crippen molar-refractivity contribution in [3.05, 3.63) is 72.1 Å². The van der Waals surface area contributed by atoms with Gasteiger partial charge in [-0.2, -0.15) is 0 Å². The molecule has 4 nitrogen and oxygen atoms in total. The molecule has 0 spiro atoms. The van der Waals surface area contributed by atoms with Crippen molar-refractivity contribution in [2.24, 2.45) is 0 Å². The number of H-pyrrole nitrogens is 2. The van der Waals surface area contributed by atoms with Crippen molar-refractivity contribution in [2.45, 2.75) is 12.8 Å². The van der Waals surface area contributed by atoms with E-state index in [-0.39, 0.29) is 12.4 Å². The summed E-state index contributed by atoms with van der Waals surface area (Å²) in [4.78, 5) is 18.5. The second-order valence-electron chi connectivity index (χ2n) is 5.87. The van der Waals surface area contributed by atoms with Crippen LogP contribution in [0.15, 0.2) is 60.9 Å². The van der Waals surface area contributed by atoms with Gasteiger partial charge in [-0.1, -0.05) is 36.4 Å². The number of carbonyl (C=O) groups is 1. The molecule has 4 aromatic rings. The van der Waals surface area contributed by atoms with E-state index in [4.69, 9.17) is 4.74 Å². The Bertz CT molecular complexity index is 997. The smallest absolute Gasteiger partial charge is 0.310 e. The molecule has 0 aliphatic rings. The molecule has 2 N–H and O–H groups in total. The van der Waals surface area contributed by atoms with Gasteiger partial charge in [0.25, 0.3) is 0 Å². The van der Waals surface area contributed by atoms with Crippen LogP contribution in [0.3, 0.4) is 0 Å². The fourth-order valence-corrected chi connectivity index (χ4v) is 3.10. The predicted octanol–water partition coefficient (Wildman–Crippen LogP) is 3.98. The first-order valence-corrected chi connectivity index (χ1v) is 8.07. The van der Waals surface area contributed by atoms with Crippen LogP contribution in [0.1, 0.15) is 11.1 Å². The van der Waals surface area contributed by atoms with Crippen LogP contribution in [-0.2, 0) is 22.4 Å². The molecule has 0 amide bonds. The molecule has 0 unspecified atom stereocenters. The van der Waals surface area contributed by atoms with Crippen molar-refractivity contribution in [3.63, 3.8) is 0 Å². The highest BCUT2D eigenvalue weighted by Crippen LogP contribution is 2.19. The van der Waals surface area contributed by atoms with E-state index >= 15 is 0 Å². The minimum atomic E-state index is -0.195. The summed E-state index contributed by atoms with van der Waals surface area (Å²) in [5.41, 5.74) is 4.30. The first kappa shape index (κ1) is 14.6. The first-order valence-electron chi connectivity index (χ1n) is 8.07. The first-order chi connectivity index (χ1) is 11.8. The molecule has 0 atom stereocenters. The van der Waals surface area contributed by atoms with Gasteiger partial charge < -0.3 is 14.7 Å². The maximum Gasteiger partial charge on any atom is 0.310 e. The molecular formula is C20H18N2O2. The quantitative estimate of drug-likeness (QED) is 0.547. The number of hydrogen-bond donors (Lipinski definition) is 2. The highest BCUT2D eigenvalue weighted by atomic mass is 16.5. The van der Waals surface area contributed by atoms with E-state index in [2.05, 4.69) is 16.0 Å². The largest absolute Gasteiger partial charge is 0.465 e. The van der Waals surface area contributed by atoms with E-state index in [1.54, 1.807) is 0 Å². The number of aromatic amines is 2. The number of hydrogen-bond acceptors (Lipinski definition) is 2. The Morgan fingerprint density at radius 1 is 0.833 bits per heavy atom. The van der Waals surface area contributed by atoms with Gasteiger partial charge in [-0.25, -0.2) is 0 Å². The minimum absolute atomic E-state index is 0.195. The van der Waals surface area contributed by atoms with E-state index in [0.717, 1.165) is 22.0 Å². The summed E-state index contributed by atoms with van der Waals surface area (Å²) in [5, 5.41) is 2.26. The van der Waals surface area contributed by atoms with Crippen LogP contribution in [0, 0.1) is 0 Å². The van der Waals surface area contributed by atoms with Crippen LogP contribution in [-0.4, -0.2) is 22.5 Å². The fraction of sp³-hybridized carbons (Fsp3) is 0.150. The van der Waals surface area contributed by atoms with Gasteiger partial charge >= 0.3 is 5.97 Å². The topological polar surface area (TPSA) is 57.9 Å². The lowest BCUT2D eigenvalue weighted by molar-refractivity contribution is -0.142. The van der Waals surface area contributed by atoms with Crippen LogP contribution in [0.2, 0.25) is 0 Å². The standard InChI is InChI=1S/C20H18N2O2/c23-20(11-15-13-22-19-8-4-2-6-17(15)19)24-10-9-14-12-21-18-7-3-1-5-16(14)18/h1-8,12-13,21-22H,9-11H2. The van der Waals surface area contributed by atoms with Crippen LogP contribution < -0.4 is 0 Å².